The number of rotatable bonds is 5. The van der Waals surface area contributed by atoms with E-state index in [0.717, 1.165) is 6.54 Å². The van der Waals surface area contributed by atoms with Gasteiger partial charge in [0.15, 0.2) is 0 Å². The summed E-state index contributed by atoms with van der Waals surface area (Å²) in [4.78, 5) is 5.06. The van der Waals surface area contributed by atoms with Crippen molar-refractivity contribution in [3.05, 3.63) is 50.9 Å². The number of nitrogens with zero attached hydrogens (tertiary/aromatic N) is 1. The van der Waals surface area contributed by atoms with Gasteiger partial charge in [-0.2, -0.15) is 0 Å². The number of thiophene rings is 2. The minimum absolute atomic E-state index is 0. The maximum absolute atomic E-state index is 2.38. The van der Waals surface area contributed by atoms with E-state index < -0.39 is 0 Å². The molecule has 2 aromatic rings. The molecule has 0 aromatic carbocycles. The molecule has 0 aliphatic rings. The minimum Gasteiger partial charge on any atom is -0.300 e. The third kappa shape index (κ3) is 4.18. The van der Waals surface area contributed by atoms with Crippen LogP contribution < -0.4 is 0 Å². The van der Waals surface area contributed by atoms with Crippen LogP contribution in [0.1, 0.15) is 23.6 Å². The zero-order chi connectivity index (χ0) is 13.0. The standard InChI is InChI=1S/C15H19NS2.ClH/c1-4-16(3)12(2)11-13(14-7-5-9-17-14)15-8-6-10-18-15;/h5-12H,4H2,1-3H3;1H/t12-;/m0./s1. The van der Waals surface area contributed by atoms with Gasteiger partial charge in [-0.25, -0.2) is 0 Å². The molecule has 2 aromatic heterocycles. The molecular weight excluding hydrogens is 294 g/mol. The van der Waals surface area contributed by atoms with Gasteiger partial charge in [-0.1, -0.05) is 25.1 Å². The van der Waals surface area contributed by atoms with E-state index in [1.165, 1.54) is 15.3 Å². The van der Waals surface area contributed by atoms with Crippen LogP contribution in [0.15, 0.2) is 41.1 Å². The lowest BCUT2D eigenvalue weighted by Gasteiger charge is -2.21. The Hall–Kier alpha value is -0.610. The first-order valence-corrected chi connectivity index (χ1v) is 7.98. The maximum Gasteiger partial charge on any atom is 0.0354 e. The molecule has 19 heavy (non-hydrogen) atoms. The fraction of sp³-hybridized carbons (Fsp3) is 0.333. The first-order valence-electron chi connectivity index (χ1n) is 6.22. The van der Waals surface area contributed by atoms with E-state index in [-0.39, 0.29) is 12.4 Å². The molecule has 0 spiro atoms. The Labute approximate surface area is 130 Å². The summed E-state index contributed by atoms with van der Waals surface area (Å²) in [6.45, 7) is 5.52. The average molecular weight is 314 g/mol. The van der Waals surface area contributed by atoms with Crippen molar-refractivity contribution in [1.29, 1.82) is 0 Å². The van der Waals surface area contributed by atoms with Crippen LogP contribution in [0, 0.1) is 0 Å². The third-order valence-corrected chi connectivity index (χ3v) is 4.98. The van der Waals surface area contributed by atoms with E-state index in [2.05, 4.69) is 66.9 Å². The highest BCUT2D eigenvalue weighted by atomic mass is 35.5. The summed E-state index contributed by atoms with van der Waals surface area (Å²) < 4.78 is 0. The largest absolute Gasteiger partial charge is 0.300 e. The molecular formula is C15H20ClNS2. The molecule has 2 rings (SSSR count). The predicted molar refractivity (Wildman–Crippen MR) is 90.7 cm³/mol. The van der Waals surface area contributed by atoms with Crippen LogP contribution in [0.25, 0.3) is 5.57 Å². The number of halogens is 1. The van der Waals surface area contributed by atoms with Crippen molar-refractivity contribution < 1.29 is 0 Å². The van der Waals surface area contributed by atoms with Crippen molar-refractivity contribution in [3.8, 4) is 0 Å². The lowest BCUT2D eigenvalue weighted by molar-refractivity contribution is 0.314. The Morgan fingerprint density at radius 1 is 1.21 bits per heavy atom. The van der Waals surface area contributed by atoms with E-state index in [4.69, 9.17) is 0 Å². The van der Waals surface area contributed by atoms with Crippen molar-refractivity contribution in [1.82, 2.24) is 4.90 Å². The summed E-state index contributed by atoms with van der Waals surface area (Å²) in [7, 11) is 2.17. The van der Waals surface area contributed by atoms with E-state index in [1.807, 2.05) is 22.7 Å². The molecule has 0 fully saturated rings. The molecule has 0 unspecified atom stereocenters. The Balaban J connectivity index is 0.00000180. The van der Waals surface area contributed by atoms with Gasteiger partial charge in [0, 0.05) is 21.4 Å². The van der Waals surface area contributed by atoms with Crippen molar-refractivity contribution in [2.45, 2.75) is 19.9 Å². The summed E-state index contributed by atoms with van der Waals surface area (Å²) >= 11 is 3.62. The highest BCUT2D eigenvalue weighted by Crippen LogP contribution is 2.31. The molecule has 0 bridgehead atoms. The van der Waals surface area contributed by atoms with Gasteiger partial charge in [-0.3, -0.25) is 0 Å². The molecule has 0 saturated carbocycles. The Bertz CT molecular complexity index is 452. The molecule has 4 heteroatoms. The van der Waals surface area contributed by atoms with Gasteiger partial charge < -0.3 is 4.90 Å². The van der Waals surface area contributed by atoms with Crippen molar-refractivity contribution >= 4 is 40.7 Å². The molecule has 0 aliphatic heterocycles. The summed E-state index contributed by atoms with van der Waals surface area (Å²) in [6, 6.07) is 9.10. The lowest BCUT2D eigenvalue weighted by Crippen LogP contribution is -2.27. The molecule has 0 N–H and O–H groups in total. The molecule has 1 nitrogen and oxygen atoms in total. The van der Waals surface area contributed by atoms with E-state index >= 15 is 0 Å². The number of hydrogen-bond acceptors (Lipinski definition) is 3. The second-order valence-electron chi connectivity index (χ2n) is 4.35. The van der Waals surface area contributed by atoms with Crippen LogP contribution >= 0.6 is 35.1 Å². The SMILES string of the molecule is CCN(C)[C@@H](C)C=C(c1cccs1)c1cccs1.Cl. The molecule has 0 saturated heterocycles. The Kier molecular flexibility index (Phi) is 6.80. The highest BCUT2D eigenvalue weighted by Gasteiger charge is 2.11. The summed E-state index contributed by atoms with van der Waals surface area (Å²) in [6.07, 6.45) is 2.38. The zero-order valence-electron chi connectivity index (χ0n) is 11.5. The molecule has 104 valence electrons. The third-order valence-electron chi connectivity index (χ3n) is 3.18. The van der Waals surface area contributed by atoms with Gasteiger partial charge in [0.05, 0.1) is 0 Å². The highest BCUT2D eigenvalue weighted by molar-refractivity contribution is 7.13. The topological polar surface area (TPSA) is 3.24 Å². The Morgan fingerprint density at radius 3 is 2.11 bits per heavy atom. The van der Waals surface area contributed by atoms with Gasteiger partial charge >= 0.3 is 0 Å². The number of likely N-dealkylation sites (N-methyl/N-ethyl adjacent to an activating group) is 1. The fourth-order valence-corrected chi connectivity index (χ4v) is 3.40. The smallest absolute Gasteiger partial charge is 0.0354 e. The second kappa shape index (κ2) is 7.85. The summed E-state index contributed by atoms with van der Waals surface area (Å²) in [5.74, 6) is 0. The van der Waals surface area contributed by atoms with Crippen LogP contribution in [-0.2, 0) is 0 Å². The van der Waals surface area contributed by atoms with Crippen LogP contribution in [0.3, 0.4) is 0 Å². The van der Waals surface area contributed by atoms with Gasteiger partial charge in [-0.05, 0) is 43.4 Å². The first kappa shape index (κ1) is 16.4. The van der Waals surface area contributed by atoms with Crippen LogP contribution in [0.4, 0.5) is 0 Å². The predicted octanol–water partition coefficient (Wildman–Crippen LogP) is 5.00. The van der Waals surface area contributed by atoms with E-state index in [9.17, 15) is 0 Å². The summed E-state index contributed by atoms with van der Waals surface area (Å²) in [5, 5.41) is 4.29. The monoisotopic (exact) mass is 313 g/mol. The van der Waals surface area contributed by atoms with Gasteiger partial charge in [0.1, 0.15) is 0 Å². The average Bonchev–Trinajstić information content (AvgIpc) is 3.06. The summed E-state index contributed by atoms with van der Waals surface area (Å²) in [5.41, 5.74) is 1.37. The molecule has 0 radical (unpaired) electrons. The minimum atomic E-state index is 0. The van der Waals surface area contributed by atoms with Gasteiger partial charge in [0.25, 0.3) is 0 Å². The van der Waals surface area contributed by atoms with Crippen molar-refractivity contribution in [2.24, 2.45) is 0 Å². The first-order chi connectivity index (χ1) is 8.72. The maximum atomic E-state index is 2.38. The van der Waals surface area contributed by atoms with Crippen LogP contribution in [0.2, 0.25) is 0 Å². The van der Waals surface area contributed by atoms with Crippen molar-refractivity contribution in [2.75, 3.05) is 13.6 Å². The van der Waals surface area contributed by atoms with Crippen LogP contribution in [0.5, 0.6) is 0 Å². The normalized spacial score (nSPS) is 12.0. The lowest BCUT2D eigenvalue weighted by atomic mass is 10.1. The quantitative estimate of drug-likeness (QED) is 0.750. The van der Waals surface area contributed by atoms with Crippen molar-refractivity contribution in [3.63, 3.8) is 0 Å². The second-order valence-corrected chi connectivity index (χ2v) is 6.24. The van der Waals surface area contributed by atoms with E-state index in [1.54, 1.807) is 0 Å². The zero-order valence-corrected chi connectivity index (χ0v) is 13.9. The molecule has 1 atom stereocenters. The molecule has 2 heterocycles. The van der Waals surface area contributed by atoms with Gasteiger partial charge in [0.2, 0.25) is 0 Å². The Morgan fingerprint density at radius 2 is 1.74 bits per heavy atom. The van der Waals surface area contributed by atoms with Crippen LogP contribution in [-0.4, -0.2) is 24.5 Å². The fourth-order valence-electron chi connectivity index (χ4n) is 1.81. The molecule has 0 amide bonds. The number of hydrogen-bond donors (Lipinski definition) is 0. The van der Waals surface area contributed by atoms with E-state index in [0.29, 0.717) is 6.04 Å². The molecule has 0 aliphatic carbocycles. The van der Waals surface area contributed by atoms with Gasteiger partial charge in [-0.15, -0.1) is 35.1 Å².